The Hall–Kier alpha value is -2.78. The van der Waals surface area contributed by atoms with Crippen LogP contribution in [0, 0.1) is 0 Å². The van der Waals surface area contributed by atoms with Crippen LogP contribution in [-0.4, -0.2) is 69.7 Å². The predicted octanol–water partition coefficient (Wildman–Crippen LogP) is 2.82. The molecular formula is C25H34Cl2N7O2+. The Balaban J connectivity index is 1.32. The first kappa shape index (κ1) is 26.3. The number of piperidine rings is 1. The zero-order valence-corrected chi connectivity index (χ0v) is 21.8. The van der Waals surface area contributed by atoms with Crippen LogP contribution in [0.5, 0.6) is 0 Å². The Kier molecular flexibility index (Phi) is 8.74. The Labute approximate surface area is 221 Å². The lowest BCUT2D eigenvalue weighted by molar-refractivity contribution is -0.561. The standard InChI is InChI=1S/C25H33Cl2N7O2/c26-19-8-4-7-18(24(19)27)21-13-20(31-32-21)16-9-11-33(12-10-16)23(36)14-30-25(29)34(15-22(28)35)17-5-2-1-3-6-17/h4,7-8,13,16-17H,1-3,5-6,9-12,14-15H2,(H5,28,29,30,31,32,35)/p+1. The maximum atomic E-state index is 12.9. The third kappa shape index (κ3) is 6.31. The third-order valence-electron chi connectivity index (χ3n) is 7.18. The largest absolute Gasteiger partial charge is 0.367 e. The smallest absolute Gasteiger partial charge is 0.344 e. The summed E-state index contributed by atoms with van der Waals surface area (Å²) in [5, 5.41) is 11.6. The monoisotopic (exact) mass is 534 g/mol. The van der Waals surface area contributed by atoms with E-state index in [1.54, 1.807) is 6.07 Å². The fourth-order valence-corrected chi connectivity index (χ4v) is 5.57. The molecule has 2 amide bonds. The highest BCUT2D eigenvalue weighted by molar-refractivity contribution is 6.43. The summed E-state index contributed by atoms with van der Waals surface area (Å²) in [5.74, 6) is 0.164. The maximum Gasteiger partial charge on any atom is 0.344 e. The molecule has 0 bridgehead atoms. The minimum Gasteiger partial charge on any atom is -0.367 e. The van der Waals surface area contributed by atoms with Crippen molar-refractivity contribution in [3.63, 3.8) is 0 Å². The average Bonchev–Trinajstić information content (AvgIpc) is 3.38. The molecule has 6 N–H and O–H groups in total. The number of rotatable bonds is 7. The minimum atomic E-state index is -0.432. The van der Waals surface area contributed by atoms with Gasteiger partial charge in [0.15, 0.2) is 0 Å². The van der Waals surface area contributed by atoms with Crippen molar-refractivity contribution in [3.8, 4) is 11.3 Å². The number of nitrogens with one attached hydrogen (secondary N) is 2. The van der Waals surface area contributed by atoms with Crippen molar-refractivity contribution in [2.75, 3.05) is 26.2 Å². The number of carbonyl (C=O) groups excluding carboxylic acids is 2. The highest BCUT2D eigenvalue weighted by atomic mass is 35.5. The van der Waals surface area contributed by atoms with Gasteiger partial charge in [0, 0.05) is 30.3 Å². The second-order valence-electron chi connectivity index (χ2n) is 9.59. The molecule has 1 aromatic heterocycles. The van der Waals surface area contributed by atoms with Gasteiger partial charge in [0.1, 0.15) is 13.1 Å². The second-order valence-corrected chi connectivity index (χ2v) is 10.4. The first-order valence-corrected chi connectivity index (χ1v) is 13.3. The molecule has 0 unspecified atom stereocenters. The predicted molar refractivity (Wildman–Crippen MR) is 141 cm³/mol. The SMILES string of the molecule is NC(=O)C[N+](=C(N)NCC(=O)N1CCC(c2cc(-c3cccc(Cl)c3Cl)n[nH]2)CC1)C1CCCCC1. The van der Waals surface area contributed by atoms with Crippen molar-refractivity contribution < 1.29 is 14.2 Å². The van der Waals surface area contributed by atoms with Crippen LogP contribution in [0.15, 0.2) is 24.3 Å². The number of hydrogen-bond donors (Lipinski definition) is 4. The summed E-state index contributed by atoms with van der Waals surface area (Å²) in [5.41, 5.74) is 14.3. The number of primary amides is 1. The summed E-state index contributed by atoms with van der Waals surface area (Å²) >= 11 is 12.5. The number of benzene rings is 1. The first-order valence-electron chi connectivity index (χ1n) is 12.5. The summed E-state index contributed by atoms with van der Waals surface area (Å²) in [6.07, 6.45) is 6.98. The van der Waals surface area contributed by atoms with Crippen molar-refractivity contribution >= 4 is 41.0 Å². The lowest BCUT2D eigenvalue weighted by atomic mass is 9.93. The number of halogens is 2. The van der Waals surface area contributed by atoms with E-state index in [4.69, 9.17) is 34.7 Å². The quantitative estimate of drug-likeness (QED) is 0.246. The summed E-state index contributed by atoms with van der Waals surface area (Å²) in [7, 11) is 0. The molecule has 4 rings (SSSR count). The number of amides is 2. The molecule has 0 atom stereocenters. The Morgan fingerprint density at radius 1 is 1.11 bits per heavy atom. The second kappa shape index (κ2) is 12.0. The molecule has 1 aliphatic carbocycles. The van der Waals surface area contributed by atoms with Gasteiger partial charge in [-0.15, -0.1) is 0 Å². The van der Waals surface area contributed by atoms with Crippen LogP contribution in [-0.2, 0) is 9.59 Å². The first-order chi connectivity index (χ1) is 17.3. The normalized spacial score (nSPS) is 18.1. The number of aromatic amines is 1. The molecule has 11 heteroatoms. The number of guanidine groups is 1. The average molecular weight is 536 g/mol. The fraction of sp³-hybridized carbons (Fsp3) is 0.520. The number of carbonyl (C=O) groups is 2. The van der Waals surface area contributed by atoms with Crippen molar-refractivity contribution in [1.29, 1.82) is 0 Å². The lowest BCUT2D eigenvalue weighted by Gasteiger charge is -2.31. The molecule has 1 saturated heterocycles. The van der Waals surface area contributed by atoms with Crippen LogP contribution in [0.25, 0.3) is 11.3 Å². The van der Waals surface area contributed by atoms with E-state index in [1.807, 2.05) is 27.7 Å². The van der Waals surface area contributed by atoms with Crippen LogP contribution in [0.2, 0.25) is 10.0 Å². The van der Waals surface area contributed by atoms with Crippen molar-refractivity contribution in [2.45, 2.75) is 56.9 Å². The van der Waals surface area contributed by atoms with Gasteiger partial charge in [-0.25, -0.2) is 0 Å². The van der Waals surface area contributed by atoms with Crippen LogP contribution in [0.4, 0.5) is 0 Å². The van der Waals surface area contributed by atoms with E-state index < -0.39 is 5.91 Å². The Morgan fingerprint density at radius 2 is 1.83 bits per heavy atom. The van der Waals surface area contributed by atoms with Gasteiger partial charge in [0.05, 0.1) is 21.8 Å². The van der Waals surface area contributed by atoms with Crippen LogP contribution in [0.1, 0.15) is 56.6 Å². The summed E-state index contributed by atoms with van der Waals surface area (Å²) in [6, 6.07) is 7.67. The number of nitrogens with two attached hydrogens (primary N) is 2. The van der Waals surface area contributed by atoms with Gasteiger partial charge in [0.2, 0.25) is 0 Å². The van der Waals surface area contributed by atoms with Crippen molar-refractivity contribution in [3.05, 3.63) is 40.0 Å². The molecule has 2 fully saturated rings. The zero-order chi connectivity index (χ0) is 25.7. The van der Waals surface area contributed by atoms with E-state index >= 15 is 0 Å². The topological polar surface area (TPSA) is 133 Å². The summed E-state index contributed by atoms with van der Waals surface area (Å²) in [6.45, 7) is 1.42. The van der Waals surface area contributed by atoms with E-state index in [2.05, 4.69) is 15.5 Å². The van der Waals surface area contributed by atoms with Gasteiger partial charge in [-0.2, -0.15) is 5.10 Å². The zero-order valence-electron chi connectivity index (χ0n) is 20.3. The highest BCUT2D eigenvalue weighted by Crippen LogP contribution is 2.35. The van der Waals surface area contributed by atoms with E-state index in [0.717, 1.165) is 55.5 Å². The summed E-state index contributed by atoms with van der Waals surface area (Å²) in [4.78, 5) is 26.3. The van der Waals surface area contributed by atoms with Gasteiger partial charge in [-0.05, 0) is 37.8 Å². The van der Waals surface area contributed by atoms with Crippen molar-refractivity contribution in [2.24, 2.45) is 11.5 Å². The molecule has 0 spiro atoms. The highest BCUT2D eigenvalue weighted by Gasteiger charge is 2.28. The minimum absolute atomic E-state index is 0.0184. The fourth-order valence-electron chi connectivity index (χ4n) is 5.18. The molecule has 36 heavy (non-hydrogen) atoms. The molecule has 2 heterocycles. The van der Waals surface area contributed by atoms with Crippen LogP contribution >= 0.6 is 23.2 Å². The molecule has 1 saturated carbocycles. The van der Waals surface area contributed by atoms with Crippen LogP contribution in [0.3, 0.4) is 0 Å². The molecule has 0 radical (unpaired) electrons. The van der Waals surface area contributed by atoms with E-state index in [-0.39, 0.29) is 31.0 Å². The van der Waals surface area contributed by atoms with E-state index in [9.17, 15) is 9.59 Å². The molecule has 2 aliphatic rings. The van der Waals surface area contributed by atoms with Gasteiger partial charge >= 0.3 is 5.96 Å². The molecule has 2 aromatic rings. The maximum absolute atomic E-state index is 12.9. The third-order valence-corrected chi connectivity index (χ3v) is 8.00. The van der Waals surface area contributed by atoms with E-state index in [1.165, 1.54) is 6.42 Å². The number of H-pyrrole nitrogens is 1. The van der Waals surface area contributed by atoms with Gasteiger partial charge in [-0.1, -0.05) is 54.6 Å². The lowest BCUT2D eigenvalue weighted by Crippen LogP contribution is -2.51. The molecular weight excluding hydrogens is 501 g/mol. The molecule has 1 aliphatic heterocycles. The number of hydrogen-bond acceptors (Lipinski definition) is 3. The Morgan fingerprint density at radius 3 is 2.53 bits per heavy atom. The van der Waals surface area contributed by atoms with E-state index in [0.29, 0.717) is 29.1 Å². The van der Waals surface area contributed by atoms with Crippen molar-refractivity contribution in [1.82, 2.24) is 20.4 Å². The summed E-state index contributed by atoms with van der Waals surface area (Å²) < 4.78 is 1.82. The number of likely N-dealkylation sites (tertiary alicyclic amines) is 1. The number of nitrogens with zero attached hydrogens (tertiary/aromatic N) is 3. The molecule has 9 nitrogen and oxygen atoms in total. The molecule has 1 aromatic carbocycles. The Bertz CT molecular complexity index is 1120. The van der Waals surface area contributed by atoms with Gasteiger partial charge in [-0.3, -0.25) is 30.3 Å². The van der Waals surface area contributed by atoms with Crippen LogP contribution < -0.4 is 16.8 Å². The molecule has 194 valence electrons. The van der Waals surface area contributed by atoms with Gasteiger partial charge in [0.25, 0.3) is 11.8 Å². The number of aromatic nitrogens is 2. The van der Waals surface area contributed by atoms with Gasteiger partial charge < -0.3 is 10.6 Å².